The highest BCUT2D eigenvalue weighted by Gasteiger charge is 2.15. The summed E-state index contributed by atoms with van der Waals surface area (Å²) in [7, 11) is 0. The number of rotatable bonds is 5. The zero-order valence-electron chi connectivity index (χ0n) is 11.4. The van der Waals surface area contributed by atoms with Crippen molar-refractivity contribution in [3.8, 4) is 10.6 Å². The van der Waals surface area contributed by atoms with E-state index < -0.39 is 6.04 Å². The van der Waals surface area contributed by atoms with Crippen molar-refractivity contribution >= 4 is 46.4 Å². The first kappa shape index (κ1) is 17.8. The van der Waals surface area contributed by atoms with Crippen LogP contribution in [0.4, 0.5) is 5.13 Å². The number of benzene rings is 1. The minimum Gasteiger partial charge on any atom is -0.320 e. The van der Waals surface area contributed by atoms with Gasteiger partial charge in [0.1, 0.15) is 0 Å². The maximum Gasteiger partial charge on any atom is 0.243 e. The molecule has 1 unspecified atom stereocenters. The number of hydrogen-bond acceptors (Lipinski definition) is 5. The number of hydrogen-bond donors (Lipinski definition) is 2. The summed E-state index contributed by atoms with van der Waals surface area (Å²) in [5.41, 5.74) is 6.54. The lowest BCUT2D eigenvalue weighted by atomic mass is 10.2. The van der Waals surface area contributed by atoms with Gasteiger partial charge < -0.3 is 5.73 Å². The van der Waals surface area contributed by atoms with Gasteiger partial charge in [0.2, 0.25) is 11.0 Å². The molecule has 1 atom stereocenters. The van der Waals surface area contributed by atoms with Gasteiger partial charge in [0.25, 0.3) is 0 Å². The molecule has 5 nitrogen and oxygen atoms in total. The van der Waals surface area contributed by atoms with E-state index in [0.29, 0.717) is 21.6 Å². The average molecular weight is 347 g/mol. The third-order valence-corrected chi connectivity index (χ3v) is 3.90. The number of nitrogens with zero attached hydrogens (tertiary/aromatic N) is 2. The van der Waals surface area contributed by atoms with Crippen molar-refractivity contribution in [3.63, 3.8) is 0 Å². The molecule has 21 heavy (non-hydrogen) atoms. The molecule has 3 N–H and O–H groups in total. The summed E-state index contributed by atoms with van der Waals surface area (Å²) in [4.78, 5) is 11.8. The Kier molecular flexibility index (Phi) is 7.04. The Morgan fingerprint density at radius 3 is 2.81 bits per heavy atom. The fourth-order valence-electron chi connectivity index (χ4n) is 1.66. The first-order valence-corrected chi connectivity index (χ1v) is 7.46. The monoisotopic (exact) mass is 346 g/mol. The number of carbonyl (C=O) groups is 1. The molecule has 0 aliphatic heterocycles. The predicted octanol–water partition coefficient (Wildman–Crippen LogP) is 3.35. The Morgan fingerprint density at radius 1 is 1.43 bits per heavy atom. The molecule has 0 saturated carbocycles. The van der Waals surface area contributed by atoms with Crippen LogP contribution in [0.3, 0.4) is 0 Å². The van der Waals surface area contributed by atoms with Gasteiger partial charge >= 0.3 is 0 Å². The van der Waals surface area contributed by atoms with E-state index in [1.807, 2.05) is 25.1 Å². The van der Waals surface area contributed by atoms with E-state index in [9.17, 15) is 4.79 Å². The predicted molar refractivity (Wildman–Crippen MR) is 89.1 cm³/mol. The number of carbonyl (C=O) groups excluding carboxylic acids is 1. The minimum absolute atomic E-state index is 0. The quantitative estimate of drug-likeness (QED) is 0.869. The maximum absolute atomic E-state index is 11.8. The van der Waals surface area contributed by atoms with Crippen LogP contribution in [0.1, 0.15) is 19.8 Å². The molecule has 0 bridgehead atoms. The van der Waals surface area contributed by atoms with E-state index in [0.717, 1.165) is 12.0 Å². The first-order chi connectivity index (χ1) is 9.61. The Labute approximate surface area is 138 Å². The number of nitrogens with two attached hydrogens (primary N) is 1. The summed E-state index contributed by atoms with van der Waals surface area (Å²) >= 11 is 7.37. The van der Waals surface area contributed by atoms with Crippen LogP contribution in [0.25, 0.3) is 10.6 Å². The Bertz CT molecular complexity index is 605. The van der Waals surface area contributed by atoms with E-state index in [4.69, 9.17) is 17.3 Å². The lowest BCUT2D eigenvalue weighted by Gasteiger charge is -2.08. The highest BCUT2D eigenvalue weighted by atomic mass is 35.5. The molecular weight excluding hydrogens is 331 g/mol. The molecule has 1 amide bonds. The molecule has 1 aromatic carbocycles. The molecule has 0 aliphatic carbocycles. The van der Waals surface area contributed by atoms with Gasteiger partial charge in [-0.3, -0.25) is 10.1 Å². The summed E-state index contributed by atoms with van der Waals surface area (Å²) in [5, 5.41) is 12.3. The lowest BCUT2D eigenvalue weighted by molar-refractivity contribution is -0.117. The Hall–Kier alpha value is -1.21. The smallest absolute Gasteiger partial charge is 0.243 e. The second-order valence-corrected chi connectivity index (χ2v) is 5.66. The molecule has 114 valence electrons. The van der Waals surface area contributed by atoms with E-state index in [1.165, 1.54) is 11.3 Å². The van der Waals surface area contributed by atoms with Gasteiger partial charge in [-0.25, -0.2) is 0 Å². The minimum atomic E-state index is -0.521. The molecule has 8 heteroatoms. The summed E-state index contributed by atoms with van der Waals surface area (Å²) in [6.45, 7) is 1.98. The molecule has 2 rings (SSSR count). The van der Waals surface area contributed by atoms with Crippen molar-refractivity contribution in [1.82, 2.24) is 10.2 Å². The largest absolute Gasteiger partial charge is 0.320 e. The number of anilines is 1. The second-order valence-electron chi connectivity index (χ2n) is 4.28. The van der Waals surface area contributed by atoms with Gasteiger partial charge in [0.05, 0.1) is 11.1 Å². The molecule has 0 spiro atoms. The Balaban J connectivity index is 0.00000220. The van der Waals surface area contributed by atoms with Crippen molar-refractivity contribution in [2.45, 2.75) is 25.8 Å². The topological polar surface area (TPSA) is 80.9 Å². The summed E-state index contributed by atoms with van der Waals surface area (Å²) < 4.78 is 0. The molecule has 0 aliphatic rings. The van der Waals surface area contributed by atoms with Crippen molar-refractivity contribution < 1.29 is 4.79 Å². The number of halogens is 2. The Morgan fingerprint density at radius 2 is 2.14 bits per heavy atom. The lowest BCUT2D eigenvalue weighted by Crippen LogP contribution is -2.35. The number of amides is 1. The molecule has 0 saturated heterocycles. The van der Waals surface area contributed by atoms with Crippen LogP contribution >= 0.6 is 35.3 Å². The summed E-state index contributed by atoms with van der Waals surface area (Å²) in [6.07, 6.45) is 1.50. The van der Waals surface area contributed by atoms with E-state index >= 15 is 0 Å². The average Bonchev–Trinajstić information content (AvgIpc) is 2.87. The van der Waals surface area contributed by atoms with Gasteiger partial charge in [0.15, 0.2) is 5.01 Å². The van der Waals surface area contributed by atoms with Crippen LogP contribution in [-0.2, 0) is 4.79 Å². The van der Waals surface area contributed by atoms with Crippen LogP contribution in [0.15, 0.2) is 24.3 Å². The van der Waals surface area contributed by atoms with Crippen LogP contribution in [0.2, 0.25) is 5.02 Å². The van der Waals surface area contributed by atoms with Crippen LogP contribution in [0.5, 0.6) is 0 Å². The summed E-state index contributed by atoms with van der Waals surface area (Å²) in [5.74, 6) is -0.242. The van der Waals surface area contributed by atoms with Gasteiger partial charge in [0, 0.05) is 5.56 Å². The van der Waals surface area contributed by atoms with Crippen molar-refractivity contribution in [2.75, 3.05) is 5.32 Å². The number of aromatic nitrogens is 2. The zero-order chi connectivity index (χ0) is 14.5. The van der Waals surface area contributed by atoms with E-state index in [-0.39, 0.29) is 18.3 Å². The molecule has 2 aromatic rings. The number of nitrogens with one attached hydrogen (secondary N) is 1. The molecule has 0 fully saturated rings. The van der Waals surface area contributed by atoms with Gasteiger partial charge in [-0.15, -0.1) is 22.6 Å². The van der Waals surface area contributed by atoms with E-state index in [1.54, 1.807) is 6.07 Å². The van der Waals surface area contributed by atoms with E-state index in [2.05, 4.69) is 15.5 Å². The fraction of sp³-hybridized carbons (Fsp3) is 0.308. The van der Waals surface area contributed by atoms with Crippen LogP contribution in [-0.4, -0.2) is 22.1 Å². The second kappa shape index (κ2) is 8.29. The standard InChI is InChI=1S/C13H15ClN4OS.ClH/c1-2-5-10(15)11(19)16-13-18-17-12(20-13)8-6-3-4-7-9(8)14;/h3-4,6-7,10H,2,5,15H2,1H3,(H,16,18,19);1H. The highest BCUT2D eigenvalue weighted by Crippen LogP contribution is 2.31. The van der Waals surface area contributed by atoms with Crippen molar-refractivity contribution in [1.29, 1.82) is 0 Å². The fourth-order valence-corrected chi connectivity index (χ4v) is 2.72. The van der Waals surface area contributed by atoms with Crippen LogP contribution in [0, 0.1) is 0 Å². The molecule has 1 aromatic heterocycles. The van der Waals surface area contributed by atoms with Gasteiger partial charge in [-0.1, -0.05) is 54.5 Å². The third-order valence-electron chi connectivity index (χ3n) is 2.70. The molecule has 1 heterocycles. The first-order valence-electron chi connectivity index (χ1n) is 6.26. The van der Waals surface area contributed by atoms with Crippen LogP contribution < -0.4 is 11.1 Å². The normalized spacial score (nSPS) is 11.6. The SMILES string of the molecule is CCCC(N)C(=O)Nc1nnc(-c2ccccc2Cl)s1.Cl. The van der Waals surface area contributed by atoms with Gasteiger partial charge in [-0.05, 0) is 12.5 Å². The zero-order valence-corrected chi connectivity index (χ0v) is 13.8. The van der Waals surface area contributed by atoms with Crippen molar-refractivity contribution in [3.05, 3.63) is 29.3 Å². The van der Waals surface area contributed by atoms with Crippen molar-refractivity contribution in [2.24, 2.45) is 5.73 Å². The summed E-state index contributed by atoms with van der Waals surface area (Å²) in [6, 6.07) is 6.84. The third kappa shape index (κ3) is 4.64. The highest BCUT2D eigenvalue weighted by molar-refractivity contribution is 7.18. The maximum atomic E-state index is 11.8. The molecule has 0 radical (unpaired) electrons. The van der Waals surface area contributed by atoms with Gasteiger partial charge in [-0.2, -0.15) is 0 Å². The molecular formula is C13H16Cl2N4OS.